The number of nitrogens with one attached hydrogen (secondary N) is 1. The van der Waals surface area contributed by atoms with Gasteiger partial charge in [0, 0.05) is 23.1 Å². The number of nitrogens with zero attached hydrogens (tertiary/aromatic N) is 1. The van der Waals surface area contributed by atoms with Crippen molar-refractivity contribution in [3.05, 3.63) is 34.4 Å². The first-order valence-corrected chi connectivity index (χ1v) is 7.54. The standard InChI is InChI=1S/C14H18N2O5S/c1-9(2)15-13(17)8-21-14(18)10(3)22-12-6-4-11(5-7-12)16(19)20/h4-7,9-10H,8H2,1-3H3,(H,15,17)/t10-/m0/s1. The average Bonchev–Trinajstić information content (AvgIpc) is 2.44. The number of thioether (sulfide) groups is 1. The summed E-state index contributed by atoms with van der Waals surface area (Å²) in [5.74, 6) is -0.863. The fourth-order valence-electron chi connectivity index (χ4n) is 1.52. The third kappa shape index (κ3) is 6.13. The van der Waals surface area contributed by atoms with E-state index in [0.29, 0.717) is 4.90 Å². The van der Waals surface area contributed by atoms with Crippen molar-refractivity contribution >= 4 is 29.3 Å². The van der Waals surface area contributed by atoms with E-state index in [1.54, 1.807) is 19.1 Å². The molecule has 1 atom stereocenters. The Hall–Kier alpha value is -2.09. The van der Waals surface area contributed by atoms with Gasteiger partial charge in [-0.2, -0.15) is 0 Å². The average molecular weight is 326 g/mol. The molecule has 0 aliphatic carbocycles. The van der Waals surface area contributed by atoms with Crippen LogP contribution in [-0.2, 0) is 14.3 Å². The molecule has 0 unspecified atom stereocenters. The Bertz CT molecular complexity index is 545. The van der Waals surface area contributed by atoms with Gasteiger partial charge in [0.05, 0.1) is 4.92 Å². The van der Waals surface area contributed by atoms with Gasteiger partial charge in [-0.05, 0) is 32.9 Å². The van der Waals surface area contributed by atoms with E-state index in [-0.39, 0.29) is 24.2 Å². The summed E-state index contributed by atoms with van der Waals surface area (Å²) >= 11 is 1.21. The van der Waals surface area contributed by atoms with Gasteiger partial charge in [0.2, 0.25) is 0 Å². The van der Waals surface area contributed by atoms with Crippen molar-refractivity contribution in [1.29, 1.82) is 0 Å². The summed E-state index contributed by atoms with van der Waals surface area (Å²) in [6.45, 7) is 4.95. The number of carbonyl (C=O) groups is 2. The van der Waals surface area contributed by atoms with Crippen LogP contribution >= 0.6 is 11.8 Å². The number of esters is 1. The predicted molar refractivity (Wildman–Crippen MR) is 82.7 cm³/mol. The zero-order chi connectivity index (χ0) is 16.7. The second kappa shape index (κ2) is 8.38. The van der Waals surface area contributed by atoms with Gasteiger partial charge in [-0.25, -0.2) is 0 Å². The Balaban J connectivity index is 2.46. The SMILES string of the molecule is CC(C)NC(=O)COC(=O)[C@H](C)Sc1ccc([N+](=O)[O-])cc1. The molecule has 0 heterocycles. The number of rotatable bonds is 7. The second-order valence-corrected chi connectivity index (χ2v) is 6.26. The van der Waals surface area contributed by atoms with E-state index in [4.69, 9.17) is 4.74 Å². The molecular formula is C14H18N2O5S. The van der Waals surface area contributed by atoms with Gasteiger partial charge in [-0.15, -0.1) is 11.8 Å². The fraction of sp³-hybridized carbons (Fsp3) is 0.429. The summed E-state index contributed by atoms with van der Waals surface area (Å²) in [5, 5.41) is 12.7. The van der Waals surface area contributed by atoms with Gasteiger partial charge < -0.3 is 10.1 Å². The van der Waals surface area contributed by atoms with E-state index in [2.05, 4.69) is 5.32 Å². The molecule has 1 rings (SSSR count). The van der Waals surface area contributed by atoms with E-state index in [1.165, 1.54) is 23.9 Å². The number of hydrogen-bond acceptors (Lipinski definition) is 6. The highest BCUT2D eigenvalue weighted by molar-refractivity contribution is 8.00. The normalized spacial score (nSPS) is 11.8. The maximum Gasteiger partial charge on any atom is 0.319 e. The van der Waals surface area contributed by atoms with Crippen LogP contribution in [0.2, 0.25) is 0 Å². The first kappa shape index (κ1) is 18.0. The van der Waals surface area contributed by atoms with Gasteiger partial charge >= 0.3 is 5.97 Å². The highest BCUT2D eigenvalue weighted by atomic mass is 32.2. The lowest BCUT2D eigenvalue weighted by molar-refractivity contribution is -0.384. The van der Waals surface area contributed by atoms with Gasteiger partial charge in [0.15, 0.2) is 6.61 Å². The highest BCUT2D eigenvalue weighted by Crippen LogP contribution is 2.25. The Morgan fingerprint density at radius 3 is 2.36 bits per heavy atom. The smallest absolute Gasteiger partial charge is 0.319 e. The number of hydrogen-bond donors (Lipinski definition) is 1. The van der Waals surface area contributed by atoms with Crippen molar-refractivity contribution < 1.29 is 19.2 Å². The topological polar surface area (TPSA) is 98.5 Å². The molecule has 0 spiro atoms. The number of non-ortho nitro benzene ring substituents is 1. The number of nitro groups is 1. The minimum Gasteiger partial charge on any atom is -0.455 e. The molecule has 7 nitrogen and oxygen atoms in total. The summed E-state index contributed by atoms with van der Waals surface area (Å²) in [4.78, 5) is 33.9. The predicted octanol–water partition coefficient (Wildman–Crippen LogP) is 2.14. The van der Waals surface area contributed by atoms with Gasteiger partial charge in [0.25, 0.3) is 11.6 Å². The van der Waals surface area contributed by atoms with Gasteiger partial charge in [-0.3, -0.25) is 19.7 Å². The highest BCUT2D eigenvalue weighted by Gasteiger charge is 2.18. The van der Waals surface area contributed by atoms with Gasteiger partial charge in [-0.1, -0.05) is 0 Å². The zero-order valence-corrected chi connectivity index (χ0v) is 13.4. The first-order chi connectivity index (χ1) is 10.3. The van der Waals surface area contributed by atoms with Crippen LogP contribution in [0.15, 0.2) is 29.2 Å². The van der Waals surface area contributed by atoms with Crippen molar-refractivity contribution in [2.75, 3.05) is 6.61 Å². The molecule has 0 aliphatic rings. The van der Waals surface area contributed by atoms with Crippen molar-refractivity contribution in [2.45, 2.75) is 37.0 Å². The number of ether oxygens (including phenoxy) is 1. The zero-order valence-electron chi connectivity index (χ0n) is 12.6. The molecule has 1 aromatic carbocycles. The maximum atomic E-state index is 11.8. The van der Waals surface area contributed by atoms with Crippen LogP contribution in [0.1, 0.15) is 20.8 Å². The molecular weight excluding hydrogens is 308 g/mol. The van der Waals surface area contributed by atoms with Crippen LogP contribution < -0.4 is 5.32 Å². The summed E-state index contributed by atoms with van der Waals surface area (Å²) in [5.41, 5.74) is -0.00932. The molecule has 0 bridgehead atoms. The minimum absolute atomic E-state index is 0.00932. The largest absolute Gasteiger partial charge is 0.455 e. The first-order valence-electron chi connectivity index (χ1n) is 6.66. The number of benzene rings is 1. The molecule has 0 saturated carbocycles. The summed E-state index contributed by atoms with van der Waals surface area (Å²) in [6, 6.07) is 5.86. The number of nitro benzene ring substituents is 1. The maximum absolute atomic E-state index is 11.8. The van der Waals surface area contributed by atoms with E-state index >= 15 is 0 Å². The minimum atomic E-state index is -0.520. The third-order valence-electron chi connectivity index (χ3n) is 2.49. The molecule has 8 heteroatoms. The number of amides is 1. The van der Waals surface area contributed by atoms with Crippen molar-refractivity contribution in [1.82, 2.24) is 5.32 Å². The van der Waals surface area contributed by atoms with Gasteiger partial charge in [0.1, 0.15) is 5.25 Å². The number of carbonyl (C=O) groups excluding carboxylic acids is 2. The molecule has 1 N–H and O–H groups in total. The van der Waals surface area contributed by atoms with E-state index in [0.717, 1.165) is 0 Å². The Kier molecular flexibility index (Phi) is 6.84. The second-order valence-electron chi connectivity index (χ2n) is 4.84. The molecule has 1 amide bonds. The van der Waals surface area contributed by atoms with Crippen LogP contribution in [0.4, 0.5) is 5.69 Å². The van der Waals surface area contributed by atoms with E-state index in [9.17, 15) is 19.7 Å². The molecule has 1 aromatic rings. The molecule has 22 heavy (non-hydrogen) atoms. The summed E-state index contributed by atoms with van der Waals surface area (Å²) in [6.07, 6.45) is 0. The Morgan fingerprint density at radius 2 is 1.86 bits per heavy atom. The summed E-state index contributed by atoms with van der Waals surface area (Å²) in [7, 11) is 0. The summed E-state index contributed by atoms with van der Waals surface area (Å²) < 4.78 is 4.92. The Morgan fingerprint density at radius 1 is 1.27 bits per heavy atom. The molecule has 0 radical (unpaired) electrons. The molecule has 0 saturated heterocycles. The quantitative estimate of drug-likeness (QED) is 0.357. The molecule has 0 aromatic heterocycles. The molecule has 0 fully saturated rings. The fourth-order valence-corrected chi connectivity index (χ4v) is 2.38. The van der Waals surface area contributed by atoms with Crippen molar-refractivity contribution in [2.24, 2.45) is 0 Å². The van der Waals surface area contributed by atoms with Crippen molar-refractivity contribution in [3.63, 3.8) is 0 Å². The van der Waals surface area contributed by atoms with Crippen LogP contribution in [-0.4, -0.2) is 34.7 Å². The Labute approximate surface area is 132 Å². The lowest BCUT2D eigenvalue weighted by atomic mass is 10.3. The van der Waals surface area contributed by atoms with Crippen LogP contribution in [0, 0.1) is 10.1 Å². The molecule has 120 valence electrons. The van der Waals surface area contributed by atoms with Crippen LogP contribution in [0.5, 0.6) is 0 Å². The lowest BCUT2D eigenvalue weighted by Gasteiger charge is -2.12. The van der Waals surface area contributed by atoms with Crippen LogP contribution in [0.3, 0.4) is 0 Å². The van der Waals surface area contributed by atoms with Crippen LogP contribution in [0.25, 0.3) is 0 Å². The monoisotopic (exact) mass is 326 g/mol. The molecule has 0 aliphatic heterocycles. The van der Waals surface area contributed by atoms with E-state index < -0.39 is 16.1 Å². The van der Waals surface area contributed by atoms with E-state index in [1.807, 2.05) is 13.8 Å². The lowest BCUT2D eigenvalue weighted by Crippen LogP contribution is -2.34. The van der Waals surface area contributed by atoms with Crippen molar-refractivity contribution in [3.8, 4) is 0 Å². The third-order valence-corrected chi connectivity index (χ3v) is 3.58.